The molecule has 0 saturated carbocycles. The number of imide groups is 1. The van der Waals surface area contributed by atoms with Crippen molar-refractivity contribution in [1.29, 1.82) is 0 Å². The maximum absolute atomic E-state index is 12.8. The number of nitrogens with zero attached hydrogens (tertiary/aromatic N) is 1. The normalized spacial score (nSPS) is 16.8. The number of methoxy groups -OCH3 is 1. The quantitative estimate of drug-likeness (QED) is 0.608. The van der Waals surface area contributed by atoms with E-state index in [0.29, 0.717) is 17.3 Å². The Morgan fingerprint density at radius 1 is 1.24 bits per heavy atom. The summed E-state index contributed by atoms with van der Waals surface area (Å²) >= 11 is 6.16. The van der Waals surface area contributed by atoms with Gasteiger partial charge in [0.1, 0.15) is 5.75 Å². The van der Waals surface area contributed by atoms with Crippen LogP contribution in [0.25, 0.3) is 10.9 Å². The molecule has 1 atom stereocenters. The number of hydrogen-bond acceptors (Lipinski definition) is 4. The van der Waals surface area contributed by atoms with Crippen LogP contribution in [-0.2, 0) is 16.0 Å². The highest BCUT2D eigenvalue weighted by Crippen LogP contribution is 2.28. The molecule has 4 rings (SSSR count). The number of H-pyrrole nitrogens is 1. The van der Waals surface area contributed by atoms with Crippen LogP contribution in [0.3, 0.4) is 0 Å². The van der Waals surface area contributed by atoms with E-state index in [1.165, 1.54) is 4.90 Å². The smallest absolute Gasteiger partial charge is 0.251 e. The highest BCUT2D eigenvalue weighted by molar-refractivity contribution is 6.32. The third-order valence-corrected chi connectivity index (χ3v) is 5.73. The molecule has 0 spiro atoms. The van der Waals surface area contributed by atoms with Crippen LogP contribution in [0.2, 0.25) is 5.02 Å². The van der Waals surface area contributed by atoms with E-state index in [1.807, 2.05) is 37.4 Å². The molecule has 2 amide bonds. The standard InChI is InChI=1S/C22H22ClN3O3/c1-13-3-4-15(9-18(13)23)26-21(27)11-20(22(26)28)24-8-7-14-12-25-19-6-5-16(29-2)10-17(14)19/h3-6,9-10,12,20,24-25H,7-8,11H2,1-2H3/t20-/m0/s1. The Hall–Kier alpha value is -2.83. The molecule has 3 aromatic rings. The lowest BCUT2D eigenvalue weighted by molar-refractivity contribution is -0.121. The van der Waals surface area contributed by atoms with E-state index in [2.05, 4.69) is 10.3 Å². The van der Waals surface area contributed by atoms with Gasteiger partial charge in [-0.15, -0.1) is 0 Å². The van der Waals surface area contributed by atoms with Crippen molar-refractivity contribution < 1.29 is 14.3 Å². The van der Waals surface area contributed by atoms with Gasteiger partial charge in [-0.25, -0.2) is 4.90 Å². The zero-order valence-corrected chi connectivity index (χ0v) is 17.0. The van der Waals surface area contributed by atoms with Crippen LogP contribution in [0.4, 0.5) is 5.69 Å². The minimum absolute atomic E-state index is 0.145. The molecule has 29 heavy (non-hydrogen) atoms. The SMILES string of the molecule is COc1ccc2[nH]cc(CCN[C@H]3CC(=O)N(c4ccc(C)c(Cl)c4)C3=O)c2c1. The van der Waals surface area contributed by atoms with Gasteiger partial charge in [0.2, 0.25) is 5.91 Å². The highest BCUT2D eigenvalue weighted by atomic mass is 35.5. The first-order valence-corrected chi connectivity index (χ1v) is 9.86. The number of carbonyl (C=O) groups excluding carboxylic acids is 2. The molecule has 6 nitrogen and oxygen atoms in total. The summed E-state index contributed by atoms with van der Waals surface area (Å²) in [5, 5.41) is 4.86. The number of aryl methyl sites for hydroxylation is 1. The topological polar surface area (TPSA) is 74.4 Å². The van der Waals surface area contributed by atoms with Crippen LogP contribution in [0.1, 0.15) is 17.5 Å². The molecular formula is C22H22ClN3O3. The van der Waals surface area contributed by atoms with Crippen molar-refractivity contribution in [2.75, 3.05) is 18.6 Å². The molecule has 1 aliphatic heterocycles. The first kappa shape index (κ1) is 19.5. The van der Waals surface area contributed by atoms with E-state index in [0.717, 1.165) is 34.2 Å². The first-order chi connectivity index (χ1) is 14.0. The molecule has 7 heteroatoms. The third-order valence-electron chi connectivity index (χ3n) is 5.32. The number of ether oxygens (including phenoxy) is 1. The summed E-state index contributed by atoms with van der Waals surface area (Å²) < 4.78 is 5.30. The molecule has 0 bridgehead atoms. The number of nitrogens with one attached hydrogen (secondary N) is 2. The van der Waals surface area contributed by atoms with Gasteiger partial charge >= 0.3 is 0 Å². The Labute approximate surface area is 173 Å². The number of benzene rings is 2. The van der Waals surface area contributed by atoms with Crippen molar-refractivity contribution >= 4 is 40.0 Å². The molecule has 2 N–H and O–H groups in total. The van der Waals surface area contributed by atoms with Crippen LogP contribution in [-0.4, -0.2) is 36.5 Å². The summed E-state index contributed by atoms with van der Waals surface area (Å²) in [5.74, 6) is 0.343. The van der Waals surface area contributed by atoms with Gasteiger partial charge in [-0.3, -0.25) is 9.59 Å². The fourth-order valence-electron chi connectivity index (χ4n) is 3.66. The number of aromatic nitrogens is 1. The predicted molar refractivity (Wildman–Crippen MR) is 114 cm³/mol. The van der Waals surface area contributed by atoms with Crippen LogP contribution < -0.4 is 15.0 Å². The number of rotatable bonds is 6. The van der Waals surface area contributed by atoms with Crippen molar-refractivity contribution in [3.63, 3.8) is 0 Å². The van der Waals surface area contributed by atoms with Crippen molar-refractivity contribution in [2.24, 2.45) is 0 Å². The fraction of sp³-hybridized carbons (Fsp3) is 0.273. The number of fused-ring (bicyclic) bond motifs is 1. The zero-order chi connectivity index (χ0) is 20.5. The minimum Gasteiger partial charge on any atom is -0.497 e. The number of anilines is 1. The van der Waals surface area contributed by atoms with E-state index >= 15 is 0 Å². The summed E-state index contributed by atoms with van der Waals surface area (Å²) in [6, 6.07) is 10.6. The molecule has 1 fully saturated rings. The molecule has 1 saturated heterocycles. The molecular weight excluding hydrogens is 390 g/mol. The van der Waals surface area contributed by atoms with Gasteiger partial charge in [0, 0.05) is 28.7 Å². The Bertz CT molecular complexity index is 1090. The van der Waals surface area contributed by atoms with E-state index in [4.69, 9.17) is 16.3 Å². The predicted octanol–water partition coefficient (Wildman–Crippen LogP) is 3.60. The lowest BCUT2D eigenvalue weighted by Crippen LogP contribution is -2.39. The molecule has 0 unspecified atom stereocenters. The second-order valence-corrected chi connectivity index (χ2v) is 7.59. The van der Waals surface area contributed by atoms with Gasteiger partial charge < -0.3 is 15.0 Å². The third kappa shape index (κ3) is 3.73. The molecule has 0 radical (unpaired) electrons. The summed E-state index contributed by atoms with van der Waals surface area (Å²) in [6.45, 7) is 2.46. The number of carbonyl (C=O) groups is 2. The Morgan fingerprint density at radius 3 is 2.83 bits per heavy atom. The van der Waals surface area contributed by atoms with Crippen LogP contribution in [0.15, 0.2) is 42.6 Å². The van der Waals surface area contributed by atoms with E-state index in [1.54, 1.807) is 19.2 Å². The maximum atomic E-state index is 12.8. The summed E-state index contributed by atoms with van der Waals surface area (Å²) in [5.41, 5.74) is 3.59. The average Bonchev–Trinajstić information content (AvgIpc) is 3.24. The van der Waals surface area contributed by atoms with Crippen molar-refractivity contribution in [3.05, 3.63) is 58.7 Å². The van der Waals surface area contributed by atoms with E-state index in [9.17, 15) is 9.59 Å². The highest BCUT2D eigenvalue weighted by Gasteiger charge is 2.39. The monoisotopic (exact) mass is 411 g/mol. The Morgan fingerprint density at radius 2 is 2.07 bits per heavy atom. The van der Waals surface area contributed by atoms with Gasteiger partial charge in [0.15, 0.2) is 0 Å². The van der Waals surface area contributed by atoms with Crippen LogP contribution in [0, 0.1) is 6.92 Å². The molecule has 0 aliphatic carbocycles. The number of aromatic amines is 1. The number of halogens is 1. The van der Waals surface area contributed by atoms with Crippen LogP contribution in [0.5, 0.6) is 5.75 Å². The lowest BCUT2D eigenvalue weighted by atomic mass is 10.1. The van der Waals surface area contributed by atoms with Crippen molar-refractivity contribution in [3.8, 4) is 5.75 Å². The lowest BCUT2D eigenvalue weighted by Gasteiger charge is -2.16. The van der Waals surface area contributed by atoms with Crippen molar-refractivity contribution in [2.45, 2.75) is 25.8 Å². The second kappa shape index (κ2) is 7.89. The largest absolute Gasteiger partial charge is 0.497 e. The van der Waals surface area contributed by atoms with Crippen molar-refractivity contribution in [1.82, 2.24) is 10.3 Å². The fourth-order valence-corrected chi connectivity index (χ4v) is 3.83. The van der Waals surface area contributed by atoms with Gasteiger partial charge in [0.25, 0.3) is 5.91 Å². The molecule has 150 valence electrons. The number of hydrogen-bond donors (Lipinski definition) is 2. The molecule has 2 heterocycles. The molecule has 2 aromatic carbocycles. The van der Waals surface area contributed by atoms with Crippen LogP contribution >= 0.6 is 11.6 Å². The van der Waals surface area contributed by atoms with Gasteiger partial charge in [-0.2, -0.15) is 0 Å². The van der Waals surface area contributed by atoms with Gasteiger partial charge in [-0.05, 0) is 54.8 Å². The van der Waals surface area contributed by atoms with E-state index in [-0.39, 0.29) is 18.2 Å². The first-order valence-electron chi connectivity index (χ1n) is 9.48. The Balaban J connectivity index is 1.42. The second-order valence-electron chi connectivity index (χ2n) is 7.19. The van der Waals surface area contributed by atoms with Gasteiger partial charge in [-0.1, -0.05) is 17.7 Å². The number of amides is 2. The summed E-state index contributed by atoms with van der Waals surface area (Å²) in [4.78, 5) is 29.7. The zero-order valence-electron chi connectivity index (χ0n) is 16.3. The summed E-state index contributed by atoms with van der Waals surface area (Å²) in [6.07, 6.45) is 2.83. The molecule has 1 aliphatic rings. The maximum Gasteiger partial charge on any atom is 0.251 e. The average molecular weight is 412 g/mol. The minimum atomic E-state index is -0.526. The van der Waals surface area contributed by atoms with E-state index < -0.39 is 6.04 Å². The Kier molecular flexibility index (Phi) is 5.30. The summed E-state index contributed by atoms with van der Waals surface area (Å²) in [7, 11) is 1.64. The van der Waals surface area contributed by atoms with Gasteiger partial charge in [0.05, 0.1) is 25.3 Å². The molecule has 1 aromatic heterocycles.